The van der Waals surface area contributed by atoms with E-state index in [1.54, 1.807) is 6.92 Å². The summed E-state index contributed by atoms with van der Waals surface area (Å²) in [5, 5.41) is 30.3. The van der Waals surface area contributed by atoms with Gasteiger partial charge >= 0.3 is 5.97 Å². The molecule has 1 fully saturated rings. The summed E-state index contributed by atoms with van der Waals surface area (Å²) < 4.78 is 9.79. The van der Waals surface area contributed by atoms with E-state index in [0.29, 0.717) is 13.1 Å². The van der Waals surface area contributed by atoms with Gasteiger partial charge < -0.3 is 29.7 Å². The van der Waals surface area contributed by atoms with E-state index in [9.17, 15) is 24.9 Å². The first-order valence-corrected chi connectivity index (χ1v) is 8.03. The summed E-state index contributed by atoms with van der Waals surface area (Å²) in [4.78, 5) is 25.5. The summed E-state index contributed by atoms with van der Waals surface area (Å²) in [6.07, 6.45) is -3.41. The lowest BCUT2D eigenvalue weighted by Gasteiger charge is -2.28. The Morgan fingerprint density at radius 3 is 2.35 bits per heavy atom. The first-order valence-electron chi connectivity index (χ1n) is 8.03. The minimum absolute atomic E-state index is 0.0352. The molecule has 8 nitrogen and oxygen atoms in total. The molecule has 1 unspecified atom stereocenters. The van der Waals surface area contributed by atoms with Crippen molar-refractivity contribution in [2.24, 2.45) is 0 Å². The fraction of sp³-hybridized carbons (Fsp3) is 0.867. The maximum absolute atomic E-state index is 12.3. The second-order valence-electron chi connectivity index (χ2n) is 5.63. The average molecular weight is 333 g/mol. The lowest BCUT2D eigenvalue weighted by molar-refractivity contribution is -0.230. The number of carbonyl (C=O) groups is 2. The van der Waals surface area contributed by atoms with Gasteiger partial charge in [-0.15, -0.1) is 0 Å². The molecule has 23 heavy (non-hydrogen) atoms. The summed E-state index contributed by atoms with van der Waals surface area (Å²) in [5.41, 5.74) is 0. The second kappa shape index (κ2) is 8.58. The molecule has 0 aromatic heterocycles. The van der Waals surface area contributed by atoms with Crippen LogP contribution in [0, 0.1) is 0 Å². The number of esters is 1. The lowest BCUT2D eigenvalue weighted by atomic mass is 10.0. The van der Waals surface area contributed by atoms with Gasteiger partial charge in [0.25, 0.3) is 11.7 Å². The molecule has 0 radical (unpaired) electrons. The van der Waals surface area contributed by atoms with Gasteiger partial charge in [-0.3, -0.25) is 4.79 Å². The molecule has 1 rings (SSSR count). The van der Waals surface area contributed by atoms with Crippen molar-refractivity contribution in [2.45, 2.75) is 64.1 Å². The number of nitrogens with zero attached hydrogens (tertiary/aromatic N) is 1. The number of aliphatic hydroxyl groups is 3. The van der Waals surface area contributed by atoms with Crippen LogP contribution in [0.25, 0.3) is 0 Å². The van der Waals surface area contributed by atoms with Gasteiger partial charge in [0.1, 0.15) is 6.10 Å². The van der Waals surface area contributed by atoms with Crippen molar-refractivity contribution in [1.82, 2.24) is 4.90 Å². The van der Waals surface area contributed by atoms with Gasteiger partial charge in [-0.25, -0.2) is 4.79 Å². The molecule has 0 spiro atoms. The van der Waals surface area contributed by atoms with Crippen LogP contribution in [0.5, 0.6) is 0 Å². The molecular formula is C15H27NO7. The van der Waals surface area contributed by atoms with Gasteiger partial charge in [0.2, 0.25) is 0 Å². The van der Waals surface area contributed by atoms with E-state index in [2.05, 4.69) is 4.74 Å². The molecule has 134 valence electrons. The van der Waals surface area contributed by atoms with Crippen LogP contribution < -0.4 is 0 Å². The fourth-order valence-corrected chi connectivity index (χ4v) is 2.60. The fourth-order valence-electron chi connectivity index (χ4n) is 2.60. The van der Waals surface area contributed by atoms with Crippen LogP contribution in [-0.4, -0.2) is 75.9 Å². The number of amides is 1. The van der Waals surface area contributed by atoms with Crippen molar-refractivity contribution in [1.29, 1.82) is 0 Å². The van der Waals surface area contributed by atoms with Crippen molar-refractivity contribution < 1.29 is 34.4 Å². The zero-order chi connectivity index (χ0) is 17.6. The van der Waals surface area contributed by atoms with E-state index in [1.807, 2.05) is 13.8 Å². The maximum Gasteiger partial charge on any atom is 0.366 e. The second-order valence-corrected chi connectivity index (χ2v) is 5.63. The third-order valence-electron chi connectivity index (χ3n) is 3.65. The highest BCUT2D eigenvalue weighted by molar-refractivity contribution is 5.82. The molecule has 1 amide bonds. The normalized spacial score (nSPS) is 28.4. The number of carbonyl (C=O) groups excluding carboxylic acids is 2. The Labute approximate surface area is 136 Å². The highest BCUT2D eigenvalue weighted by atomic mass is 16.7. The molecule has 0 bridgehead atoms. The van der Waals surface area contributed by atoms with E-state index in [1.165, 1.54) is 4.90 Å². The Bertz CT molecular complexity index is 411. The van der Waals surface area contributed by atoms with Crippen molar-refractivity contribution in [3.63, 3.8) is 0 Å². The van der Waals surface area contributed by atoms with E-state index in [0.717, 1.165) is 12.8 Å². The van der Waals surface area contributed by atoms with Crippen LogP contribution in [-0.2, 0) is 19.1 Å². The quantitative estimate of drug-likeness (QED) is 0.508. The molecular weight excluding hydrogens is 306 g/mol. The van der Waals surface area contributed by atoms with Gasteiger partial charge in [0.05, 0.1) is 12.7 Å². The first kappa shape index (κ1) is 19.8. The summed E-state index contributed by atoms with van der Waals surface area (Å²) in [5.74, 6) is -3.98. The van der Waals surface area contributed by atoms with Crippen LogP contribution in [0.2, 0.25) is 0 Å². The largest absolute Gasteiger partial charge is 0.462 e. The predicted octanol–water partition coefficient (Wildman–Crippen LogP) is -0.603. The molecule has 3 N–H and O–H groups in total. The van der Waals surface area contributed by atoms with Gasteiger partial charge in [0, 0.05) is 19.5 Å². The van der Waals surface area contributed by atoms with Gasteiger partial charge in [-0.2, -0.15) is 0 Å². The zero-order valence-corrected chi connectivity index (χ0v) is 13.9. The smallest absolute Gasteiger partial charge is 0.366 e. The van der Waals surface area contributed by atoms with Crippen LogP contribution in [0.4, 0.5) is 0 Å². The molecule has 1 heterocycles. The van der Waals surface area contributed by atoms with Gasteiger partial charge in [-0.1, -0.05) is 13.8 Å². The van der Waals surface area contributed by atoms with Gasteiger partial charge in [0.15, 0.2) is 6.10 Å². The molecule has 1 saturated heterocycles. The number of ether oxygens (including phenoxy) is 2. The molecule has 4 atom stereocenters. The highest BCUT2D eigenvalue weighted by Gasteiger charge is 2.54. The third kappa shape index (κ3) is 4.63. The molecule has 1 aliphatic heterocycles. The monoisotopic (exact) mass is 333 g/mol. The highest BCUT2D eigenvalue weighted by Crippen LogP contribution is 2.32. The Balaban J connectivity index is 2.81. The number of hydrogen-bond acceptors (Lipinski definition) is 7. The Morgan fingerprint density at radius 2 is 1.87 bits per heavy atom. The number of hydrogen-bond donors (Lipinski definition) is 3. The Kier molecular flexibility index (Phi) is 7.40. The van der Waals surface area contributed by atoms with Gasteiger partial charge in [-0.05, 0) is 19.8 Å². The summed E-state index contributed by atoms with van der Waals surface area (Å²) >= 11 is 0. The lowest BCUT2D eigenvalue weighted by Crippen LogP contribution is -2.49. The summed E-state index contributed by atoms with van der Waals surface area (Å²) in [6.45, 7) is 6.35. The van der Waals surface area contributed by atoms with E-state index in [4.69, 9.17) is 4.74 Å². The van der Waals surface area contributed by atoms with E-state index >= 15 is 0 Å². The standard InChI is InChI=1S/C15H27NO7/c1-4-7-16(8-5-2)13(19)11(18)12-10(17)9-15(21,23-12)14(20)22-6-3/h10-12,17-18,21H,4-9H2,1-3H3/t10-,11-,12-,15?/m1/s1. The average Bonchev–Trinajstić information content (AvgIpc) is 2.82. The van der Waals surface area contributed by atoms with Crippen molar-refractivity contribution in [3.8, 4) is 0 Å². The summed E-state index contributed by atoms with van der Waals surface area (Å²) in [6, 6.07) is 0. The van der Waals surface area contributed by atoms with Crippen molar-refractivity contribution in [3.05, 3.63) is 0 Å². The molecule has 8 heteroatoms. The summed E-state index contributed by atoms with van der Waals surface area (Å²) in [7, 11) is 0. The molecule has 0 saturated carbocycles. The van der Waals surface area contributed by atoms with Crippen LogP contribution in [0.3, 0.4) is 0 Å². The maximum atomic E-state index is 12.3. The Hall–Kier alpha value is -1.22. The van der Waals surface area contributed by atoms with Crippen LogP contribution in [0.15, 0.2) is 0 Å². The van der Waals surface area contributed by atoms with Crippen molar-refractivity contribution >= 4 is 11.9 Å². The predicted molar refractivity (Wildman–Crippen MR) is 80.2 cm³/mol. The molecule has 1 aliphatic rings. The number of rotatable bonds is 8. The topological polar surface area (TPSA) is 117 Å². The number of aliphatic hydroxyl groups excluding tert-OH is 2. The SMILES string of the molecule is CCCN(CCC)C(=O)[C@H](O)[C@@H]1OC(O)(C(=O)OCC)C[C@H]1O. The third-order valence-corrected chi connectivity index (χ3v) is 3.65. The minimum atomic E-state index is -2.35. The first-order chi connectivity index (χ1) is 10.8. The molecule has 0 aromatic carbocycles. The van der Waals surface area contributed by atoms with Crippen LogP contribution in [0.1, 0.15) is 40.0 Å². The van der Waals surface area contributed by atoms with Crippen molar-refractivity contribution in [2.75, 3.05) is 19.7 Å². The minimum Gasteiger partial charge on any atom is -0.462 e. The van der Waals surface area contributed by atoms with E-state index < -0.39 is 42.4 Å². The van der Waals surface area contributed by atoms with E-state index in [-0.39, 0.29) is 6.61 Å². The molecule has 0 aliphatic carbocycles. The molecule has 0 aromatic rings. The van der Waals surface area contributed by atoms with Crippen LogP contribution >= 0.6 is 0 Å². The Morgan fingerprint density at radius 1 is 1.30 bits per heavy atom. The zero-order valence-electron chi connectivity index (χ0n) is 13.9.